The Morgan fingerprint density at radius 1 is 1.25 bits per heavy atom. The number of ether oxygens (including phenoxy) is 1. The average Bonchev–Trinajstić information content (AvgIpc) is 2.55. The minimum atomic E-state index is -4.58. The summed E-state index contributed by atoms with van der Waals surface area (Å²) in [4.78, 5) is 7.40. The molecule has 1 aromatic heterocycles. The van der Waals surface area contributed by atoms with E-state index in [4.69, 9.17) is 4.74 Å². The van der Waals surface area contributed by atoms with Crippen LogP contribution in [0.2, 0.25) is 0 Å². The van der Waals surface area contributed by atoms with Gasteiger partial charge in [0.15, 0.2) is 0 Å². The van der Waals surface area contributed by atoms with Gasteiger partial charge in [0, 0.05) is 29.1 Å². The molecule has 4 nitrogen and oxygen atoms in total. The summed E-state index contributed by atoms with van der Waals surface area (Å²) in [6, 6.07) is 4.95. The monoisotopic (exact) mass is 403 g/mol. The van der Waals surface area contributed by atoms with E-state index in [0.717, 1.165) is 17.3 Å². The third-order valence-corrected chi connectivity index (χ3v) is 4.74. The molecule has 0 radical (unpaired) electrons. The molecular formula is C16H17BrF3N3O. The molecule has 2 heterocycles. The number of nitrogens with zero attached hydrogens (tertiary/aromatic N) is 2. The van der Waals surface area contributed by atoms with Gasteiger partial charge < -0.3 is 10.1 Å². The summed E-state index contributed by atoms with van der Waals surface area (Å²) in [5, 5.41) is 3.73. The van der Waals surface area contributed by atoms with Crippen LogP contribution in [-0.2, 0) is 10.9 Å². The minimum absolute atomic E-state index is 0.00735. The number of fused-ring (bicyclic) bond motifs is 1. The first-order valence-corrected chi connectivity index (χ1v) is 8.52. The molecule has 2 aromatic rings. The third-order valence-electron chi connectivity index (χ3n) is 4.25. The number of rotatable bonds is 3. The smallest absolute Gasteiger partial charge is 0.381 e. The standard InChI is InChI=1S/C16H17BrF3N3O/c1-9(10-4-6-24-7-5-10)21-14-12-8-11(17)2-3-13(12)22-15(23-14)16(18,19)20/h2-3,8-10H,4-7H2,1H3,(H,21,22,23)/t9-/m1/s1. The second-order valence-electron chi connectivity index (χ2n) is 5.94. The van der Waals surface area contributed by atoms with Crippen LogP contribution >= 0.6 is 15.9 Å². The van der Waals surface area contributed by atoms with Crippen LogP contribution in [-0.4, -0.2) is 29.2 Å². The van der Waals surface area contributed by atoms with Crippen LogP contribution in [0, 0.1) is 5.92 Å². The molecule has 130 valence electrons. The van der Waals surface area contributed by atoms with Crippen molar-refractivity contribution in [1.82, 2.24) is 9.97 Å². The number of aromatic nitrogens is 2. The summed E-state index contributed by atoms with van der Waals surface area (Å²) >= 11 is 3.35. The van der Waals surface area contributed by atoms with E-state index in [0.29, 0.717) is 24.5 Å². The molecule has 1 fully saturated rings. The predicted molar refractivity (Wildman–Crippen MR) is 88.9 cm³/mol. The summed E-state index contributed by atoms with van der Waals surface area (Å²) < 4.78 is 45.4. The molecular weight excluding hydrogens is 387 g/mol. The summed E-state index contributed by atoms with van der Waals surface area (Å²) in [5.74, 6) is -0.572. The molecule has 0 saturated carbocycles. The van der Waals surface area contributed by atoms with Gasteiger partial charge in [0.05, 0.1) is 5.52 Å². The van der Waals surface area contributed by atoms with E-state index in [-0.39, 0.29) is 17.4 Å². The Hall–Kier alpha value is -1.41. The molecule has 1 aliphatic heterocycles. The Morgan fingerprint density at radius 3 is 2.62 bits per heavy atom. The Morgan fingerprint density at radius 2 is 1.96 bits per heavy atom. The number of anilines is 1. The van der Waals surface area contributed by atoms with Gasteiger partial charge in [0.25, 0.3) is 0 Å². The molecule has 8 heteroatoms. The van der Waals surface area contributed by atoms with Crippen LogP contribution in [0.5, 0.6) is 0 Å². The van der Waals surface area contributed by atoms with Gasteiger partial charge in [0.2, 0.25) is 5.82 Å². The molecule has 24 heavy (non-hydrogen) atoms. The van der Waals surface area contributed by atoms with E-state index < -0.39 is 12.0 Å². The molecule has 0 aliphatic carbocycles. The lowest BCUT2D eigenvalue weighted by Gasteiger charge is -2.29. The highest BCUT2D eigenvalue weighted by molar-refractivity contribution is 9.10. The summed E-state index contributed by atoms with van der Waals surface area (Å²) in [7, 11) is 0. The summed E-state index contributed by atoms with van der Waals surface area (Å²) in [5.41, 5.74) is 0.266. The summed E-state index contributed by atoms with van der Waals surface area (Å²) in [6.45, 7) is 3.33. The molecule has 1 saturated heterocycles. The lowest BCUT2D eigenvalue weighted by molar-refractivity contribution is -0.144. The van der Waals surface area contributed by atoms with E-state index in [9.17, 15) is 13.2 Å². The average molecular weight is 404 g/mol. The zero-order valence-electron chi connectivity index (χ0n) is 13.0. The largest absolute Gasteiger partial charge is 0.451 e. The highest BCUT2D eigenvalue weighted by Crippen LogP contribution is 2.32. The predicted octanol–water partition coefficient (Wildman–Crippen LogP) is 4.64. The van der Waals surface area contributed by atoms with Gasteiger partial charge in [-0.3, -0.25) is 0 Å². The van der Waals surface area contributed by atoms with Crippen molar-refractivity contribution in [2.45, 2.75) is 32.0 Å². The Kier molecular flexibility index (Phi) is 4.96. The van der Waals surface area contributed by atoms with Crippen molar-refractivity contribution in [1.29, 1.82) is 0 Å². The number of hydrogen-bond acceptors (Lipinski definition) is 4. The Labute approximate surface area is 145 Å². The van der Waals surface area contributed by atoms with Gasteiger partial charge in [-0.1, -0.05) is 15.9 Å². The zero-order chi connectivity index (χ0) is 17.3. The van der Waals surface area contributed by atoms with E-state index in [1.807, 2.05) is 6.92 Å². The maximum atomic E-state index is 13.1. The second-order valence-corrected chi connectivity index (χ2v) is 6.85. The van der Waals surface area contributed by atoms with Crippen molar-refractivity contribution < 1.29 is 17.9 Å². The second kappa shape index (κ2) is 6.84. The number of hydrogen-bond donors (Lipinski definition) is 1. The van der Waals surface area contributed by atoms with Crippen LogP contribution in [0.4, 0.5) is 19.0 Å². The molecule has 3 rings (SSSR count). The van der Waals surface area contributed by atoms with E-state index in [1.54, 1.807) is 18.2 Å². The van der Waals surface area contributed by atoms with E-state index >= 15 is 0 Å². The molecule has 1 aliphatic rings. The van der Waals surface area contributed by atoms with Crippen LogP contribution in [0.25, 0.3) is 10.9 Å². The Balaban J connectivity index is 1.99. The van der Waals surface area contributed by atoms with Gasteiger partial charge in [-0.05, 0) is 43.9 Å². The van der Waals surface area contributed by atoms with Crippen LogP contribution in [0.3, 0.4) is 0 Å². The minimum Gasteiger partial charge on any atom is -0.381 e. The van der Waals surface area contributed by atoms with E-state index in [1.165, 1.54) is 0 Å². The van der Waals surface area contributed by atoms with Crippen molar-refractivity contribution in [3.05, 3.63) is 28.5 Å². The molecule has 0 bridgehead atoms. The number of alkyl halides is 3. The molecule has 1 atom stereocenters. The van der Waals surface area contributed by atoms with Crippen molar-refractivity contribution in [2.24, 2.45) is 5.92 Å². The van der Waals surface area contributed by atoms with Crippen molar-refractivity contribution in [2.75, 3.05) is 18.5 Å². The molecule has 0 amide bonds. The first-order valence-electron chi connectivity index (χ1n) is 7.73. The normalized spacial score (nSPS) is 17.9. The van der Waals surface area contributed by atoms with Crippen molar-refractivity contribution in [3.8, 4) is 0 Å². The van der Waals surface area contributed by atoms with Crippen molar-refractivity contribution in [3.63, 3.8) is 0 Å². The fraction of sp³-hybridized carbons (Fsp3) is 0.500. The van der Waals surface area contributed by atoms with Gasteiger partial charge in [-0.25, -0.2) is 9.97 Å². The SMILES string of the molecule is C[C@@H](Nc1nc(C(F)(F)F)nc2ccc(Br)cc12)C1CCOCC1. The number of halogens is 4. The molecule has 0 spiro atoms. The summed E-state index contributed by atoms with van der Waals surface area (Å²) in [6.07, 6.45) is -2.82. The maximum Gasteiger partial charge on any atom is 0.451 e. The highest BCUT2D eigenvalue weighted by atomic mass is 79.9. The quantitative estimate of drug-likeness (QED) is 0.810. The third kappa shape index (κ3) is 3.80. The van der Waals surface area contributed by atoms with Crippen LogP contribution in [0.15, 0.2) is 22.7 Å². The van der Waals surface area contributed by atoms with E-state index in [2.05, 4.69) is 31.2 Å². The van der Waals surface area contributed by atoms with Gasteiger partial charge in [0.1, 0.15) is 5.82 Å². The number of nitrogens with one attached hydrogen (secondary N) is 1. The van der Waals surface area contributed by atoms with Crippen LogP contribution in [0.1, 0.15) is 25.6 Å². The highest BCUT2D eigenvalue weighted by Gasteiger charge is 2.36. The van der Waals surface area contributed by atoms with Gasteiger partial charge in [-0.2, -0.15) is 13.2 Å². The molecule has 0 unspecified atom stereocenters. The van der Waals surface area contributed by atoms with Gasteiger partial charge in [-0.15, -0.1) is 0 Å². The number of benzene rings is 1. The lowest BCUT2D eigenvalue weighted by atomic mass is 9.93. The first-order chi connectivity index (χ1) is 11.3. The molecule has 1 aromatic carbocycles. The topological polar surface area (TPSA) is 47.0 Å². The Bertz CT molecular complexity index is 732. The fourth-order valence-electron chi connectivity index (χ4n) is 2.89. The molecule has 1 N–H and O–H groups in total. The fourth-order valence-corrected chi connectivity index (χ4v) is 3.25. The van der Waals surface area contributed by atoms with Crippen LogP contribution < -0.4 is 5.32 Å². The maximum absolute atomic E-state index is 13.1. The van der Waals surface area contributed by atoms with Crippen molar-refractivity contribution >= 4 is 32.7 Å². The first kappa shape index (κ1) is 17.4. The zero-order valence-corrected chi connectivity index (χ0v) is 14.6. The lowest BCUT2D eigenvalue weighted by Crippen LogP contribution is -2.31. The van der Waals surface area contributed by atoms with Gasteiger partial charge >= 0.3 is 6.18 Å².